The lowest BCUT2D eigenvalue weighted by Gasteiger charge is -2.15. The fourth-order valence-corrected chi connectivity index (χ4v) is 2.43. The van der Waals surface area contributed by atoms with Crippen molar-refractivity contribution in [2.24, 2.45) is 0 Å². The summed E-state index contributed by atoms with van der Waals surface area (Å²) in [5.41, 5.74) is 1.03. The molecule has 2 aromatic carbocycles. The van der Waals surface area contributed by atoms with Gasteiger partial charge in [0.15, 0.2) is 0 Å². The molecule has 0 fully saturated rings. The monoisotopic (exact) mass is 248 g/mol. The van der Waals surface area contributed by atoms with E-state index < -0.39 is 0 Å². The lowest BCUT2D eigenvalue weighted by atomic mass is 10.2. The van der Waals surface area contributed by atoms with Gasteiger partial charge in [-0.05, 0) is 29.8 Å². The molecule has 1 atom stereocenters. The molecule has 0 bridgehead atoms. The second-order valence-electron chi connectivity index (χ2n) is 3.55. The number of hydrogen-bond donors (Lipinski definition) is 0. The number of ether oxygens (including phenoxy) is 1. The Kier molecular flexibility index (Phi) is 4.18. The molecule has 88 valence electrons. The molecular formula is C14H13FOS. The quantitative estimate of drug-likeness (QED) is 0.590. The highest BCUT2D eigenvalue weighted by atomic mass is 32.2. The summed E-state index contributed by atoms with van der Waals surface area (Å²) < 4.78 is 18.2. The summed E-state index contributed by atoms with van der Waals surface area (Å²) in [5.74, 6) is -0.219. The van der Waals surface area contributed by atoms with E-state index in [4.69, 9.17) is 4.74 Å². The van der Waals surface area contributed by atoms with Crippen LogP contribution in [0.2, 0.25) is 0 Å². The SMILES string of the molecule is COC(Sc1ccc(F)cc1)c1ccccc1. The molecule has 0 aliphatic rings. The molecule has 0 saturated carbocycles. The lowest BCUT2D eigenvalue weighted by molar-refractivity contribution is 0.175. The minimum Gasteiger partial charge on any atom is -0.366 e. The second-order valence-corrected chi connectivity index (χ2v) is 4.69. The minimum absolute atomic E-state index is 0.0679. The maximum absolute atomic E-state index is 12.8. The molecule has 1 nitrogen and oxygen atoms in total. The summed E-state index contributed by atoms with van der Waals surface area (Å²) >= 11 is 1.56. The molecular weight excluding hydrogens is 235 g/mol. The molecule has 2 aromatic rings. The van der Waals surface area contributed by atoms with Gasteiger partial charge in [0, 0.05) is 12.0 Å². The lowest BCUT2D eigenvalue weighted by Crippen LogP contribution is -1.96. The summed E-state index contributed by atoms with van der Waals surface area (Å²) in [6.45, 7) is 0. The Labute approximate surface area is 105 Å². The van der Waals surface area contributed by atoms with Crippen LogP contribution in [0.3, 0.4) is 0 Å². The highest BCUT2D eigenvalue weighted by Crippen LogP contribution is 2.35. The summed E-state index contributed by atoms with van der Waals surface area (Å²) in [7, 11) is 1.67. The van der Waals surface area contributed by atoms with E-state index in [9.17, 15) is 4.39 Å². The number of hydrogen-bond acceptors (Lipinski definition) is 2. The van der Waals surface area contributed by atoms with Crippen molar-refractivity contribution < 1.29 is 9.13 Å². The molecule has 0 aromatic heterocycles. The fourth-order valence-electron chi connectivity index (χ4n) is 1.50. The second kappa shape index (κ2) is 5.84. The number of thioether (sulfide) groups is 1. The van der Waals surface area contributed by atoms with Gasteiger partial charge in [-0.3, -0.25) is 0 Å². The summed E-state index contributed by atoms with van der Waals surface area (Å²) in [4.78, 5) is 0.988. The molecule has 2 rings (SSSR count). The van der Waals surface area contributed by atoms with Crippen molar-refractivity contribution in [3.8, 4) is 0 Å². The van der Waals surface area contributed by atoms with Crippen LogP contribution in [0.1, 0.15) is 11.0 Å². The van der Waals surface area contributed by atoms with Gasteiger partial charge in [-0.15, -0.1) is 0 Å². The maximum Gasteiger partial charge on any atom is 0.132 e. The molecule has 0 aliphatic heterocycles. The van der Waals surface area contributed by atoms with Crippen molar-refractivity contribution in [1.82, 2.24) is 0 Å². The Morgan fingerprint density at radius 2 is 1.65 bits per heavy atom. The molecule has 0 aliphatic carbocycles. The number of halogens is 1. The Balaban J connectivity index is 2.13. The van der Waals surface area contributed by atoms with Crippen LogP contribution >= 0.6 is 11.8 Å². The third-order valence-electron chi connectivity index (χ3n) is 2.34. The van der Waals surface area contributed by atoms with Gasteiger partial charge in [0.2, 0.25) is 0 Å². The average molecular weight is 248 g/mol. The van der Waals surface area contributed by atoms with E-state index >= 15 is 0 Å². The molecule has 0 heterocycles. The summed E-state index contributed by atoms with van der Waals surface area (Å²) in [6, 6.07) is 16.4. The minimum atomic E-state index is -0.219. The van der Waals surface area contributed by atoms with E-state index in [1.807, 2.05) is 30.3 Å². The summed E-state index contributed by atoms with van der Waals surface area (Å²) in [6.07, 6.45) is 0. The third kappa shape index (κ3) is 3.32. The number of benzene rings is 2. The molecule has 0 amide bonds. The van der Waals surface area contributed by atoms with E-state index in [1.165, 1.54) is 12.1 Å². The van der Waals surface area contributed by atoms with Gasteiger partial charge >= 0.3 is 0 Å². The van der Waals surface area contributed by atoms with Crippen molar-refractivity contribution in [3.63, 3.8) is 0 Å². The van der Waals surface area contributed by atoms with Gasteiger partial charge in [-0.2, -0.15) is 0 Å². The van der Waals surface area contributed by atoms with Crippen LogP contribution in [0.5, 0.6) is 0 Å². The average Bonchev–Trinajstić information content (AvgIpc) is 2.39. The van der Waals surface area contributed by atoms with Crippen molar-refractivity contribution in [1.29, 1.82) is 0 Å². The zero-order valence-corrected chi connectivity index (χ0v) is 10.3. The van der Waals surface area contributed by atoms with Crippen LogP contribution < -0.4 is 0 Å². The van der Waals surface area contributed by atoms with E-state index in [0.29, 0.717) is 0 Å². The molecule has 17 heavy (non-hydrogen) atoms. The van der Waals surface area contributed by atoms with E-state index in [1.54, 1.807) is 31.0 Å². The highest BCUT2D eigenvalue weighted by Gasteiger charge is 2.11. The zero-order valence-electron chi connectivity index (χ0n) is 9.47. The van der Waals surface area contributed by atoms with Gasteiger partial charge in [-0.1, -0.05) is 42.1 Å². The molecule has 0 spiro atoms. The van der Waals surface area contributed by atoms with Gasteiger partial charge in [0.25, 0.3) is 0 Å². The first-order valence-electron chi connectivity index (χ1n) is 5.29. The molecule has 3 heteroatoms. The van der Waals surface area contributed by atoms with Crippen LogP contribution in [0.25, 0.3) is 0 Å². The molecule has 0 saturated heterocycles. The van der Waals surface area contributed by atoms with E-state index in [2.05, 4.69) is 0 Å². The standard InChI is InChI=1S/C14H13FOS/c1-16-14(11-5-3-2-4-6-11)17-13-9-7-12(15)8-10-13/h2-10,14H,1H3. The number of rotatable bonds is 4. The van der Waals surface area contributed by atoms with Crippen molar-refractivity contribution in [2.45, 2.75) is 10.3 Å². The van der Waals surface area contributed by atoms with Crippen molar-refractivity contribution >= 4 is 11.8 Å². The Morgan fingerprint density at radius 1 is 1.00 bits per heavy atom. The van der Waals surface area contributed by atoms with Crippen LogP contribution in [-0.2, 0) is 4.74 Å². The Bertz CT molecular complexity index is 455. The Hall–Kier alpha value is -1.32. The van der Waals surface area contributed by atoms with Crippen LogP contribution in [-0.4, -0.2) is 7.11 Å². The Morgan fingerprint density at radius 3 is 2.24 bits per heavy atom. The van der Waals surface area contributed by atoms with E-state index in [-0.39, 0.29) is 11.3 Å². The first kappa shape index (κ1) is 12.1. The maximum atomic E-state index is 12.8. The number of methoxy groups -OCH3 is 1. The first-order chi connectivity index (χ1) is 8.29. The first-order valence-corrected chi connectivity index (χ1v) is 6.17. The predicted octanol–water partition coefficient (Wildman–Crippen LogP) is 4.26. The van der Waals surface area contributed by atoms with Crippen molar-refractivity contribution in [2.75, 3.05) is 7.11 Å². The largest absolute Gasteiger partial charge is 0.366 e. The van der Waals surface area contributed by atoms with Gasteiger partial charge in [0.05, 0.1) is 0 Å². The fraction of sp³-hybridized carbons (Fsp3) is 0.143. The molecule has 0 N–H and O–H groups in total. The van der Waals surface area contributed by atoms with E-state index in [0.717, 1.165) is 10.5 Å². The van der Waals surface area contributed by atoms with Crippen molar-refractivity contribution in [3.05, 3.63) is 66.0 Å². The van der Waals surface area contributed by atoms with Gasteiger partial charge in [0.1, 0.15) is 11.3 Å². The predicted molar refractivity (Wildman–Crippen MR) is 68.4 cm³/mol. The molecule has 1 unspecified atom stereocenters. The van der Waals surface area contributed by atoms with Crippen LogP contribution in [0, 0.1) is 5.82 Å². The zero-order chi connectivity index (χ0) is 12.1. The van der Waals surface area contributed by atoms with Crippen LogP contribution in [0.4, 0.5) is 4.39 Å². The van der Waals surface area contributed by atoms with Gasteiger partial charge < -0.3 is 4.74 Å². The third-order valence-corrected chi connectivity index (χ3v) is 3.57. The smallest absolute Gasteiger partial charge is 0.132 e. The topological polar surface area (TPSA) is 9.23 Å². The summed E-state index contributed by atoms with van der Waals surface area (Å²) in [5, 5.41) is 0. The highest BCUT2D eigenvalue weighted by molar-refractivity contribution is 7.99. The normalized spacial score (nSPS) is 12.4. The van der Waals surface area contributed by atoms with Gasteiger partial charge in [-0.25, -0.2) is 4.39 Å². The van der Waals surface area contributed by atoms with Crippen LogP contribution in [0.15, 0.2) is 59.5 Å². The molecule has 0 radical (unpaired) electrons.